The lowest BCUT2D eigenvalue weighted by Crippen LogP contribution is -2.28. The first-order valence-electron chi connectivity index (χ1n) is 6.61. The van der Waals surface area contributed by atoms with Crippen molar-refractivity contribution in [3.8, 4) is 5.75 Å². The molecule has 0 radical (unpaired) electrons. The summed E-state index contributed by atoms with van der Waals surface area (Å²) >= 11 is 3.25. The molecule has 1 atom stereocenters. The molecular formula is C16H16BrF2NO. The number of aromatic hydroxyl groups is 1. The molecule has 0 heterocycles. The molecule has 0 aliphatic rings. The normalized spacial score (nSPS) is 12.4. The molecule has 0 aromatic heterocycles. The summed E-state index contributed by atoms with van der Waals surface area (Å²) in [6.07, 6.45) is 0.243. The van der Waals surface area contributed by atoms with Gasteiger partial charge in [-0.3, -0.25) is 0 Å². The Kier molecular flexibility index (Phi) is 5.31. The molecule has 0 amide bonds. The van der Waals surface area contributed by atoms with Crippen LogP contribution in [0.3, 0.4) is 0 Å². The zero-order valence-corrected chi connectivity index (χ0v) is 13.1. The number of phenolic OH excluding ortho intramolecular Hbond substituents is 1. The maximum atomic E-state index is 13.6. The highest BCUT2D eigenvalue weighted by Crippen LogP contribution is 2.27. The highest BCUT2D eigenvalue weighted by Gasteiger charge is 2.13. The standard InChI is InChI=1S/C16H16BrF2NO/c1-10(8-12-14(18)6-3-7-15(12)19)20-9-11-4-2-5-13(17)16(11)21/h2-7,10,20-21H,8-9H2,1H3. The van der Waals surface area contributed by atoms with E-state index in [0.717, 1.165) is 5.56 Å². The molecule has 0 saturated heterocycles. The number of phenols is 1. The van der Waals surface area contributed by atoms with Gasteiger partial charge in [-0.05, 0) is 47.5 Å². The van der Waals surface area contributed by atoms with Gasteiger partial charge in [0.25, 0.3) is 0 Å². The molecule has 0 bridgehead atoms. The lowest BCUT2D eigenvalue weighted by atomic mass is 10.1. The molecule has 1 unspecified atom stereocenters. The molecule has 2 aromatic rings. The van der Waals surface area contributed by atoms with E-state index in [2.05, 4.69) is 21.2 Å². The van der Waals surface area contributed by atoms with Crippen LogP contribution in [0.5, 0.6) is 5.75 Å². The Morgan fingerprint density at radius 2 is 1.76 bits per heavy atom. The van der Waals surface area contributed by atoms with Crippen molar-refractivity contribution in [2.45, 2.75) is 25.9 Å². The van der Waals surface area contributed by atoms with Gasteiger partial charge in [0.2, 0.25) is 0 Å². The van der Waals surface area contributed by atoms with Crippen LogP contribution in [0.1, 0.15) is 18.1 Å². The Bertz CT molecular complexity index is 613. The van der Waals surface area contributed by atoms with Crippen molar-refractivity contribution < 1.29 is 13.9 Å². The molecule has 2 N–H and O–H groups in total. The molecular weight excluding hydrogens is 340 g/mol. The summed E-state index contributed by atoms with van der Waals surface area (Å²) < 4.78 is 27.8. The van der Waals surface area contributed by atoms with E-state index in [0.29, 0.717) is 11.0 Å². The zero-order chi connectivity index (χ0) is 15.4. The number of hydrogen-bond donors (Lipinski definition) is 2. The summed E-state index contributed by atoms with van der Waals surface area (Å²) in [6.45, 7) is 2.27. The third-order valence-electron chi connectivity index (χ3n) is 3.28. The maximum Gasteiger partial charge on any atom is 0.134 e. The molecule has 112 valence electrons. The van der Waals surface area contributed by atoms with Gasteiger partial charge >= 0.3 is 0 Å². The molecule has 0 saturated carbocycles. The van der Waals surface area contributed by atoms with Gasteiger partial charge in [0.15, 0.2) is 0 Å². The summed E-state index contributed by atoms with van der Waals surface area (Å²) in [4.78, 5) is 0. The van der Waals surface area contributed by atoms with Crippen LogP contribution in [-0.2, 0) is 13.0 Å². The first kappa shape index (κ1) is 15.9. The average Bonchev–Trinajstić information content (AvgIpc) is 2.45. The summed E-state index contributed by atoms with van der Waals surface area (Å²) in [5.74, 6) is -0.892. The van der Waals surface area contributed by atoms with Gasteiger partial charge in [0.05, 0.1) is 4.47 Å². The van der Waals surface area contributed by atoms with Crippen LogP contribution in [0, 0.1) is 11.6 Å². The van der Waals surface area contributed by atoms with Crippen molar-refractivity contribution >= 4 is 15.9 Å². The van der Waals surface area contributed by atoms with Crippen molar-refractivity contribution in [3.63, 3.8) is 0 Å². The number of halogens is 3. The fraction of sp³-hybridized carbons (Fsp3) is 0.250. The maximum absolute atomic E-state index is 13.6. The van der Waals surface area contributed by atoms with E-state index in [9.17, 15) is 13.9 Å². The minimum atomic E-state index is -0.533. The predicted octanol–water partition coefficient (Wildman–Crippen LogP) is 4.15. The SMILES string of the molecule is CC(Cc1c(F)cccc1F)NCc1cccc(Br)c1O. The lowest BCUT2D eigenvalue weighted by molar-refractivity contribution is 0.452. The van der Waals surface area contributed by atoms with Crippen LogP contribution in [0.2, 0.25) is 0 Å². The quantitative estimate of drug-likeness (QED) is 0.844. The van der Waals surface area contributed by atoms with Gasteiger partial charge in [0.1, 0.15) is 17.4 Å². The van der Waals surface area contributed by atoms with Crippen LogP contribution in [0.15, 0.2) is 40.9 Å². The van der Waals surface area contributed by atoms with Gasteiger partial charge in [0, 0.05) is 23.7 Å². The summed E-state index contributed by atoms with van der Waals surface area (Å²) in [7, 11) is 0. The molecule has 0 aliphatic carbocycles. The second-order valence-electron chi connectivity index (χ2n) is 4.93. The first-order valence-corrected chi connectivity index (χ1v) is 7.41. The zero-order valence-electron chi connectivity index (χ0n) is 11.5. The van der Waals surface area contributed by atoms with E-state index < -0.39 is 11.6 Å². The van der Waals surface area contributed by atoms with Crippen LogP contribution >= 0.6 is 15.9 Å². The third kappa shape index (κ3) is 4.02. The topological polar surface area (TPSA) is 32.3 Å². The molecule has 0 spiro atoms. The van der Waals surface area contributed by atoms with Crippen molar-refractivity contribution in [1.29, 1.82) is 0 Å². The molecule has 5 heteroatoms. The molecule has 21 heavy (non-hydrogen) atoms. The Balaban J connectivity index is 1.99. The molecule has 0 aliphatic heterocycles. The summed E-state index contributed by atoms with van der Waals surface area (Å²) in [5, 5.41) is 13.0. The third-order valence-corrected chi connectivity index (χ3v) is 3.92. The summed E-state index contributed by atoms with van der Waals surface area (Å²) in [6, 6.07) is 9.10. The van der Waals surface area contributed by atoms with Gasteiger partial charge in [-0.25, -0.2) is 8.78 Å². The highest BCUT2D eigenvalue weighted by atomic mass is 79.9. The molecule has 2 aromatic carbocycles. The smallest absolute Gasteiger partial charge is 0.134 e. The Labute approximate surface area is 130 Å². The van der Waals surface area contributed by atoms with Crippen LogP contribution < -0.4 is 5.32 Å². The Morgan fingerprint density at radius 1 is 1.14 bits per heavy atom. The van der Waals surface area contributed by atoms with Gasteiger partial charge in [-0.1, -0.05) is 18.2 Å². The van der Waals surface area contributed by atoms with E-state index in [4.69, 9.17) is 0 Å². The fourth-order valence-electron chi connectivity index (χ4n) is 2.09. The largest absolute Gasteiger partial charge is 0.506 e. The molecule has 2 nitrogen and oxygen atoms in total. The van der Waals surface area contributed by atoms with Crippen molar-refractivity contribution in [2.75, 3.05) is 0 Å². The second kappa shape index (κ2) is 7.00. The number of hydrogen-bond acceptors (Lipinski definition) is 2. The molecule has 2 rings (SSSR count). The number of benzene rings is 2. The number of rotatable bonds is 5. The predicted molar refractivity (Wildman–Crippen MR) is 82.2 cm³/mol. The number of para-hydroxylation sites is 1. The minimum absolute atomic E-state index is 0.0796. The van der Waals surface area contributed by atoms with Gasteiger partial charge < -0.3 is 10.4 Å². The average molecular weight is 356 g/mol. The summed E-state index contributed by atoms with van der Waals surface area (Å²) in [5.41, 5.74) is 0.807. The van der Waals surface area contributed by atoms with E-state index >= 15 is 0 Å². The van der Waals surface area contributed by atoms with E-state index in [1.807, 2.05) is 13.0 Å². The van der Waals surface area contributed by atoms with E-state index in [1.165, 1.54) is 18.2 Å². The van der Waals surface area contributed by atoms with Crippen molar-refractivity contribution in [1.82, 2.24) is 5.32 Å². The van der Waals surface area contributed by atoms with Crippen molar-refractivity contribution in [2.24, 2.45) is 0 Å². The monoisotopic (exact) mass is 355 g/mol. The van der Waals surface area contributed by atoms with Gasteiger partial charge in [-0.15, -0.1) is 0 Å². The van der Waals surface area contributed by atoms with Crippen LogP contribution in [-0.4, -0.2) is 11.1 Å². The minimum Gasteiger partial charge on any atom is -0.506 e. The van der Waals surface area contributed by atoms with E-state index in [1.54, 1.807) is 12.1 Å². The highest BCUT2D eigenvalue weighted by molar-refractivity contribution is 9.10. The van der Waals surface area contributed by atoms with Crippen LogP contribution in [0.4, 0.5) is 8.78 Å². The fourth-order valence-corrected chi connectivity index (χ4v) is 2.50. The Hall–Kier alpha value is -1.46. The van der Waals surface area contributed by atoms with Crippen LogP contribution in [0.25, 0.3) is 0 Å². The van der Waals surface area contributed by atoms with E-state index in [-0.39, 0.29) is 23.8 Å². The Morgan fingerprint density at radius 3 is 2.43 bits per heavy atom. The number of nitrogens with one attached hydrogen (secondary N) is 1. The van der Waals surface area contributed by atoms with Gasteiger partial charge in [-0.2, -0.15) is 0 Å². The molecule has 0 fully saturated rings. The second-order valence-corrected chi connectivity index (χ2v) is 5.79. The lowest BCUT2D eigenvalue weighted by Gasteiger charge is -2.15. The first-order chi connectivity index (χ1) is 9.99. The van der Waals surface area contributed by atoms with Crippen molar-refractivity contribution in [3.05, 3.63) is 63.6 Å².